The smallest absolute Gasteiger partial charge is 0.462 e. The fourth-order valence-electron chi connectivity index (χ4n) is 5.19. The summed E-state index contributed by atoms with van der Waals surface area (Å²) in [6.45, 7) is 4.22. The normalized spacial score (nSPS) is 14.4. The van der Waals surface area contributed by atoms with E-state index in [2.05, 4.69) is 86.8 Å². The van der Waals surface area contributed by atoms with Gasteiger partial charge in [-0.3, -0.25) is 18.6 Å². The van der Waals surface area contributed by atoms with Crippen LogP contribution in [0.3, 0.4) is 0 Å². The Labute approximate surface area is 336 Å². The average Bonchev–Trinajstić information content (AvgIpc) is 3.13. The van der Waals surface area contributed by atoms with E-state index < -0.39 is 26.5 Å². The standard InChI is InChI=1S/C45H78NO8P/c1-6-8-10-12-14-16-17-18-19-20-21-22-23-24-25-26-27-28-29-30-32-34-36-38-45(48)54-43(42-53-55(49,50)52-40-39-46(3,4)5)41-51-44(47)37-35-33-31-15-13-11-9-7-2/h8,10,14,16,18-19,21-22,24-25,27-28,43H,6-7,9,11-13,15,17,20,23,26,29-42H2,1-5H3/p+1/b10-8-,16-14-,19-18-,22-21-,25-24-,28-27-. The van der Waals surface area contributed by atoms with Crippen LogP contribution in [0.5, 0.6) is 0 Å². The van der Waals surface area contributed by atoms with E-state index in [1.807, 2.05) is 21.1 Å². The molecule has 0 aromatic heterocycles. The van der Waals surface area contributed by atoms with Crippen LogP contribution in [0.15, 0.2) is 72.9 Å². The van der Waals surface area contributed by atoms with E-state index in [0.717, 1.165) is 83.5 Å². The zero-order valence-corrected chi connectivity index (χ0v) is 36.3. The minimum atomic E-state index is -4.38. The van der Waals surface area contributed by atoms with Crippen molar-refractivity contribution in [1.82, 2.24) is 0 Å². The van der Waals surface area contributed by atoms with Crippen LogP contribution in [-0.2, 0) is 32.7 Å². The number of unbranched alkanes of at least 4 members (excludes halogenated alkanes) is 11. The molecule has 1 N–H and O–H groups in total. The summed E-state index contributed by atoms with van der Waals surface area (Å²) in [6.07, 6.45) is 45.3. The van der Waals surface area contributed by atoms with E-state index in [1.54, 1.807) is 0 Å². The summed E-state index contributed by atoms with van der Waals surface area (Å²) in [6, 6.07) is 0. The second-order valence-corrected chi connectivity index (χ2v) is 16.5. The lowest BCUT2D eigenvalue weighted by atomic mass is 10.1. The lowest BCUT2D eigenvalue weighted by molar-refractivity contribution is -0.870. The molecule has 55 heavy (non-hydrogen) atoms. The van der Waals surface area contributed by atoms with Gasteiger partial charge < -0.3 is 18.9 Å². The number of phosphoric acid groups is 1. The van der Waals surface area contributed by atoms with Crippen molar-refractivity contribution >= 4 is 19.8 Å². The van der Waals surface area contributed by atoms with E-state index in [1.165, 1.54) is 32.1 Å². The van der Waals surface area contributed by atoms with Gasteiger partial charge >= 0.3 is 19.8 Å². The number of nitrogens with zero attached hydrogens (tertiary/aromatic N) is 1. The highest BCUT2D eigenvalue weighted by atomic mass is 31.2. The third-order valence-corrected chi connectivity index (χ3v) is 9.49. The Morgan fingerprint density at radius 1 is 0.582 bits per heavy atom. The maximum atomic E-state index is 12.6. The Kier molecular flexibility index (Phi) is 35.3. The number of ether oxygens (including phenoxy) is 2. The molecule has 0 aromatic carbocycles. The van der Waals surface area contributed by atoms with Crippen molar-refractivity contribution in [1.29, 1.82) is 0 Å². The summed E-state index contributed by atoms with van der Waals surface area (Å²) in [7, 11) is 1.45. The predicted octanol–water partition coefficient (Wildman–Crippen LogP) is 11.9. The number of quaternary nitrogens is 1. The van der Waals surface area contributed by atoms with Gasteiger partial charge in [-0.05, 0) is 64.2 Å². The molecular formula is C45H79NO8P+. The molecule has 0 aromatic rings. The van der Waals surface area contributed by atoms with Crippen molar-refractivity contribution in [3.63, 3.8) is 0 Å². The van der Waals surface area contributed by atoms with E-state index in [4.69, 9.17) is 18.5 Å². The first-order valence-electron chi connectivity index (χ1n) is 21.2. The molecule has 0 spiro atoms. The minimum Gasteiger partial charge on any atom is -0.462 e. The SMILES string of the molecule is CC/C=C\C/C=C\C/C=C\C/C=C\C/C=C\C/C=C\CCCCCCC(=O)OC(COC(=O)CCCCCCCCCC)COP(=O)(O)OCC[N+](C)(C)C. The Hall–Kier alpha value is -2.55. The van der Waals surface area contributed by atoms with Crippen LogP contribution in [0.2, 0.25) is 0 Å². The Bertz CT molecular complexity index is 1170. The van der Waals surface area contributed by atoms with Crippen molar-refractivity contribution in [2.45, 2.75) is 155 Å². The second kappa shape index (κ2) is 37.1. The monoisotopic (exact) mass is 793 g/mol. The number of allylic oxidation sites excluding steroid dienone is 12. The third kappa shape index (κ3) is 40.9. The molecule has 0 saturated carbocycles. The number of carbonyl (C=O) groups excluding carboxylic acids is 2. The van der Waals surface area contributed by atoms with Gasteiger partial charge in [0.2, 0.25) is 0 Å². The number of esters is 2. The van der Waals surface area contributed by atoms with Gasteiger partial charge in [-0.25, -0.2) is 4.57 Å². The molecule has 0 saturated heterocycles. The summed E-state index contributed by atoms with van der Waals surface area (Å²) in [5, 5.41) is 0. The van der Waals surface area contributed by atoms with Crippen molar-refractivity contribution in [3.8, 4) is 0 Å². The Balaban J connectivity index is 4.36. The van der Waals surface area contributed by atoms with Crippen LogP contribution in [0, 0.1) is 0 Å². The molecule has 0 bridgehead atoms. The van der Waals surface area contributed by atoms with Crippen molar-refractivity contribution < 1.29 is 42.1 Å². The second-order valence-electron chi connectivity index (χ2n) is 15.0. The van der Waals surface area contributed by atoms with Crippen LogP contribution in [0.1, 0.15) is 149 Å². The van der Waals surface area contributed by atoms with E-state index in [9.17, 15) is 19.0 Å². The first-order chi connectivity index (χ1) is 26.5. The van der Waals surface area contributed by atoms with Crippen LogP contribution in [0.4, 0.5) is 0 Å². The molecule has 0 aliphatic rings. The number of likely N-dealkylation sites (N-methyl/N-ethyl adjacent to an activating group) is 1. The fraction of sp³-hybridized carbons (Fsp3) is 0.689. The summed E-state index contributed by atoms with van der Waals surface area (Å²) < 4.78 is 34.1. The maximum Gasteiger partial charge on any atom is 0.472 e. The van der Waals surface area contributed by atoms with Gasteiger partial charge in [0, 0.05) is 12.8 Å². The quantitative estimate of drug-likeness (QED) is 0.0218. The van der Waals surface area contributed by atoms with Crippen LogP contribution in [-0.4, -0.2) is 74.9 Å². The summed E-state index contributed by atoms with van der Waals surface area (Å²) >= 11 is 0. The topological polar surface area (TPSA) is 108 Å². The highest BCUT2D eigenvalue weighted by molar-refractivity contribution is 7.47. The van der Waals surface area contributed by atoms with Crippen molar-refractivity contribution in [2.75, 3.05) is 47.5 Å². The van der Waals surface area contributed by atoms with Crippen molar-refractivity contribution in [2.24, 2.45) is 0 Å². The molecule has 0 rings (SSSR count). The van der Waals surface area contributed by atoms with Gasteiger partial charge in [0.1, 0.15) is 19.8 Å². The summed E-state index contributed by atoms with van der Waals surface area (Å²) in [5.41, 5.74) is 0. The number of phosphoric ester groups is 1. The van der Waals surface area contributed by atoms with Gasteiger partial charge in [0.15, 0.2) is 6.10 Å². The minimum absolute atomic E-state index is 0.0232. The first-order valence-corrected chi connectivity index (χ1v) is 22.7. The van der Waals surface area contributed by atoms with E-state index in [0.29, 0.717) is 17.4 Å². The lowest BCUT2D eigenvalue weighted by Gasteiger charge is -2.24. The molecule has 0 aliphatic carbocycles. The molecule has 0 fully saturated rings. The molecule has 316 valence electrons. The van der Waals surface area contributed by atoms with Gasteiger partial charge in [-0.1, -0.05) is 145 Å². The number of rotatable bonds is 37. The van der Waals surface area contributed by atoms with Crippen molar-refractivity contribution in [3.05, 3.63) is 72.9 Å². The molecule has 2 atom stereocenters. The van der Waals surface area contributed by atoms with E-state index in [-0.39, 0.29) is 32.0 Å². The molecule has 0 amide bonds. The molecule has 9 nitrogen and oxygen atoms in total. The van der Waals surface area contributed by atoms with Gasteiger partial charge in [-0.2, -0.15) is 0 Å². The van der Waals surface area contributed by atoms with Gasteiger partial charge in [0.05, 0.1) is 27.7 Å². The summed E-state index contributed by atoms with van der Waals surface area (Å²) in [4.78, 5) is 35.2. The average molecular weight is 793 g/mol. The zero-order chi connectivity index (χ0) is 40.7. The van der Waals surface area contributed by atoms with Crippen LogP contribution >= 0.6 is 7.82 Å². The van der Waals surface area contributed by atoms with Gasteiger partial charge in [-0.15, -0.1) is 0 Å². The maximum absolute atomic E-state index is 12.6. The number of hydrogen-bond donors (Lipinski definition) is 1. The molecule has 0 radical (unpaired) electrons. The Morgan fingerprint density at radius 2 is 1.04 bits per heavy atom. The number of hydrogen-bond acceptors (Lipinski definition) is 7. The predicted molar refractivity (Wildman–Crippen MR) is 229 cm³/mol. The Morgan fingerprint density at radius 3 is 1.55 bits per heavy atom. The van der Waals surface area contributed by atoms with E-state index >= 15 is 0 Å². The molecule has 2 unspecified atom stereocenters. The van der Waals surface area contributed by atoms with Crippen LogP contribution < -0.4 is 0 Å². The van der Waals surface area contributed by atoms with Gasteiger partial charge in [0.25, 0.3) is 0 Å². The highest BCUT2D eigenvalue weighted by Crippen LogP contribution is 2.43. The molecule has 0 heterocycles. The first kappa shape index (κ1) is 52.5. The fourth-order valence-corrected chi connectivity index (χ4v) is 5.93. The summed E-state index contributed by atoms with van der Waals surface area (Å²) in [5.74, 6) is -0.839. The zero-order valence-electron chi connectivity index (χ0n) is 35.4. The highest BCUT2D eigenvalue weighted by Gasteiger charge is 2.27. The molecule has 10 heteroatoms. The van der Waals surface area contributed by atoms with Crippen LogP contribution in [0.25, 0.3) is 0 Å². The molecular weight excluding hydrogens is 713 g/mol. The molecule has 0 aliphatic heterocycles. The largest absolute Gasteiger partial charge is 0.472 e. The number of carbonyl (C=O) groups is 2. The lowest BCUT2D eigenvalue weighted by Crippen LogP contribution is -2.37. The third-order valence-electron chi connectivity index (χ3n) is 8.50.